The van der Waals surface area contributed by atoms with Gasteiger partial charge in [-0.15, -0.1) is 13.2 Å². The summed E-state index contributed by atoms with van der Waals surface area (Å²) in [6.07, 6.45) is 9.82. The lowest BCUT2D eigenvalue weighted by Gasteiger charge is -2.26. The first-order valence-corrected chi connectivity index (χ1v) is 7.75. The van der Waals surface area contributed by atoms with Crippen molar-refractivity contribution in [3.8, 4) is 5.75 Å². The summed E-state index contributed by atoms with van der Waals surface area (Å²) in [5, 5.41) is 0. The smallest absolute Gasteiger partial charge is 0.314 e. The average molecular weight is 284 g/mol. The first-order chi connectivity index (χ1) is 10.2. The molecule has 0 unspecified atom stereocenters. The van der Waals surface area contributed by atoms with Crippen molar-refractivity contribution in [2.45, 2.75) is 38.5 Å². The Morgan fingerprint density at radius 1 is 1.10 bits per heavy atom. The van der Waals surface area contributed by atoms with Gasteiger partial charge in [0.05, 0.1) is 5.92 Å². The minimum atomic E-state index is -0.0801. The molecule has 0 saturated heterocycles. The average Bonchev–Trinajstić information content (AvgIpc) is 2.50. The van der Waals surface area contributed by atoms with E-state index in [1.807, 2.05) is 36.4 Å². The van der Waals surface area contributed by atoms with Gasteiger partial charge in [-0.05, 0) is 62.1 Å². The SMILES string of the molecule is C=CCc1ccc(OC(=O)C2CCC(CC=C)CC2)cc1. The number of allylic oxidation sites excluding steroid dienone is 2. The van der Waals surface area contributed by atoms with Gasteiger partial charge in [-0.2, -0.15) is 0 Å². The molecular weight excluding hydrogens is 260 g/mol. The zero-order valence-electron chi connectivity index (χ0n) is 12.6. The van der Waals surface area contributed by atoms with Gasteiger partial charge in [-0.3, -0.25) is 4.79 Å². The molecule has 0 atom stereocenters. The van der Waals surface area contributed by atoms with E-state index in [2.05, 4.69) is 13.2 Å². The molecule has 0 amide bonds. The predicted octanol–water partition coefficient (Wildman–Crippen LogP) is 4.70. The molecule has 1 aliphatic carbocycles. The molecule has 2 heteroatoms. The number of carbonyl (C=O) groups is 1. The van der Waals surface area contributed by atoms with Crippen molar-refractivity contribution in [1.82, 2.24) is 0 Å². The van der Waals surface area contributed by atoms with Crippen molar-refractivity contribution in [2.24, 2.45) is 11.8 Å². The maximum Gasteiger partial charge on any atom is 0.314 e. The number of hydrogen-bond acceptors (Lipinski definition) is 2. The summed E-state index contributed by atoms with van der Waals surface area (Å²) in [7, 11) is 0. The molecular formula is C19H24O2. The van der Waals surface area contributed by atoms with E-state index in [4.69, 9.17) is 4.74 Å². The Balaban J connectivity index is 1.84. The summed E-state index contributed by atoms with van der Waals surface area (Å²) in [6.45, 7) is 7.50. The Labute approximate surface area is 127 Å². The van der Waals surface area contributed by atoms with Gasteiger partial charge in [0, 0.05) is 0 Å². The third-order valence-electron chi connectivity index (χ3n) is 4.20. The van der Waals surface area contributed by atoms with Crippen molar-refractivity contribution in [2.75, 3.05) is 0 Å². The largest absolute Gasteiger partial charge is 0.426 e. The van der Waals surface area contributed by atoms with Crippen molar-refractivity contribution >= 4 is 5.97 Å². The van der Waals surface area contributed by atoms with Gasteiger partial charge < -0.3 is 4.74 Å². The molecule has 1 aromatic carbocycles. The first kappa shape index (κ1) is 15.6. The van der Waals surface area contributed by atoms with Gasteiger partial charge in [0.15, 0.2) is 0 Å². The molecule has 0 aromatic heterocycles. The zero-order chi connectivity index (χ0) is 15.1. The highest BCUT2D eigenvalue weighted by Gasteiger charge is 2.27. The molecule has 0 bridgehead atoms. The highest BCUT2D eigenvalue weighted by molar-refractivity contribution is 5.75. The van der Waals surface area contributed by atoms with E-state index in [-0.39, 0.29) is 11.9 Å². The molecule has 1 fully saturated rings. The summed E-state index contributed by atoms with van der Waals surface area (Å²) in [5.41, 5.74) is 1.18. The van der Waals surface area contributed by atoms with Crippen LogP contribution in [0.2, 0.25) is 0 Å². The van der Waals surface area contributed by atoms with Gasteiger partial charge in [0.25, 0.3) is 0 Å². The quantitative estimate of drug-likeness (QED) is 0.430. The van der Waals surface area contributed by atoms with Crippen LogP contribution in [-0.4, -0.2) is 5.97 Å². The van der Waals surface area contributed by atoms with E-state index in [0.29, 0.717) is 11.7 Å². The van der Waals surface area contributed by atoms with Crippen LogP contribution in [0.4, 0.5) is 0 Å². The Morgan fingerprint density at radius 2 is 1.76 bits per heavy atom. The van der Waals surface area contributed by atoms with Crippen LogP contribution in [0, 0.1) is 11.8 Å². The van der Waals surface area contributed by atoms with E-state index >= 15 is 0 Å². The van der Waals surface area contributed by atoms with E-state index in [1.165, 1.54) is 5.56 Å². The zero-order valence-corrected chi connectivity index (χ0v) is 12.6. The number of benzene rings is 1. The molecule has 0 aliphatic heterocycles. The molecule has 2 nitrogen and oxygen atoms in total. The van der Waals surface area contributed by atoms with Gasteiger partial charge in [0.1, 0.15) is 5.75 Å². The second-order valence-electron chi connectivity index (χ2n) is 5.80. The Kier molecular flexibility index (Phi) is 5.79. The monoisotopic (exact) mass is 284 g/mol. The molecule has 1 aromatic rings. The number of ether oxygens (including phenoxy) is 1. The molecule has 21 heavy (non-hydrogen) atoms. The summed E-state index contributed by atoms with van der Waals surface area (Å²) in [5.74, 6) is 1.31. The fourth-order valence-electron chi connectivity index (χ4n) is 2.93. The Morgan fingerprint density at radius 3 is 2.33 bits per heavy atom. The molecule has 2 rings (SSSR count). The van der Waals surface area contributed by atoms with Crippen molar-refractivity contribution in [3.63, 3.8) is 0 Å². The van der Waals surface area contributed by atoms with Gasteiger partial charge in [-0.25, -0.2) is 0 Å². The Bertz CT molecular complexity index is 479. The summed E-state index contributed by atoms with van der Waals surface area (Å²) in [4.78, 5) is 12.2. The minimum absolute atomic E-state index is 0.0546. The van der Waals surface area contributed by atoms with Gasteiger partial charge in [-0.1, -0.05) is 24.3 Å². The summed E-state index contributed by atoms with van der Waals surface area (Å²) in [6, 6.07) is 7.68. The predicted molar refractivity (Wildman–Crippen MR) is 86.2 cm³/mol. The summed E-state index contributed by atoms with van der Waals surface area (Å²) < 4.78 is 5.50. The molecule has 1 aliphatic rings. The normalized spacial score (nSPS) is 21.5. The standard InChI is InChI=1S/C19H24O2/c1-3-5-15-7-11-17(12-8-15)19(20)21-18-13-9-16(6-4-2)10-14-18/h3-4,9-10,13-15,17H,1-2,5-8,11-12H2. The van der Waals surface area contributed by atoms with Crippen LogP contribution in [0.5, 0.6) is 5.75 Å². The summed E-state index contributed by atoms with van der Waals surface area (Å²) >= 11 is 0. The lowest BCUT2D eigenvalue weighted by Crippen LogP contribution is -2.25. The second kappa shape index (κ2) is 7.82. The maximum atomic E-state index is 12.2. The van der Waals surface area contributed by atoms with Crippen LogP contribution >= 0.6 is 0 Å². The van der Waals surface area contributed by atoms with Crippen LogP contribution in [0.1, 0.15) is 37.7 Å². The maximum absolute atomic E-state index is 12.2. The van der Waals surface area contributed by atoms with Crippen LogP contribution in [-0.2, 0) is 11.2 Å². The van der Waals surface area contributed by atoms with Crippen LogP contribution in [0.3, 0.4) is 0 Å². The molecule has 0 spiro atoms. The third kappa shape index (κ3) is 4.59. The first-order valence-electron chi connectivity index (χ1n) is 7.75. The highest BCUT2D eigenvalue weighted by atomic mass is 16.5. The number of carbonyl (C=O) groups excluding carboxylic acids is 1. The molecule has 1 saturated carbocycles. The van der Waals surface area contributed by atoms with E-state index in [1.54, 1.807) is 0 Å². The van der Waals surface area contributed by atoms with E-state index in [9.17, 15) is 4.79 Å². The van der Waals surface area contributed by atoms with Gasteiger partial charge >= 0.3 is 5.97 Å². The van der Waals surface area contributed by atoms with Crippen molar-refractivity contribution in [1.29, 1.82) is 0 Å². The fourth-order valence-corrected chi connectivity index (χ4v) is 2.93. The molecule has 112 valence electrons. The van der Waals surface area contributed by atoms with Crippen LogP contribution < -0.4 is 4.74 Å². The van der Waals surface area contributed by atoms with Crippen molar-refractivity contribution < 1.29 is 9.53 Å². The lowest BCUT2D eigenvalue weighted by molar-refractivity contribution is -0.140. The van der Waals surface area contributed by atoms with Crippen LogP contribution in [0.25, 0.3) is 0 Å². The highest BCUT2D eigenvalue weighted by Crippen LogP contribution is 2.32. The Hall–Kier alpha value is -1.83. The lowest BCUT2D eigenvalue weighted by atomic mass is 9.80. The molecule has 0 radical (unpaired) electrons. The molecule has 0 heterocycles. The van der Waals surface area contributed by atoms with Gasteiger partial charge in [0.2, 0.25) is 0 Å². The fraction of sp³-hybridized carbons (Fsp3) is 0.421. The number of rotatable bonds is 6. The van der Waals surface area contributed by atoms with Crippen LogP contribution in [0.15, 0.2) is 49.6 Å². The van der Waals surface area contributed by atoms with E-state index in [0.717, 1.165) is 38.5 Å². The molecule has 0 N–H and O–H groups in total. The third-order valence-corrected chi connectivity index (χ3v) is 4.20. The topological polar surface area (TPSA) is 26.3 Å². The second-order valence-corrected chi connectivity index (χ2v) is 5.80. The number of hydrogen-bond donors (Lipinski definition) is 0. The number of esters is 1. The minimum Gasteiger partial charge on any atom is -0.426 e. The van der Waals surface area contributed by atoms with Crippen molar-refractivity contribution in [3.05, 3.63) is 55.1 Å². The van der Waals surface area contributed by atoms with E-state index < -0.39 is 0 Å².